The summed E-state index contributed by atoms with van der Waals surface area (Å²) in [6.07, 6.45) is -0.924. The monoisotopic (exact) mass is 301 g/mol. The van der Waals surface area contributed by atoms with Gasteiger partial charge in [0.25, 0.3) is 0 Å². The van der Waals surface area contributed by atoms with E-state index in [4.69, 9.17) is 19.9 Å². The molecular weight excluding hydrogens is 277 g/mol. The Morgan fingerprint density at radius 3 is 2.57 bits per heavy atom. The third kappa shape index (κ3) is 6.39. The summed E-state index contributed by atoms with van der Waals surface area (Å²) in [6.45, 7) is 4.20. The van der Waals surface area contributed by atoms with Crippen molar-refractivity contribution in [1.29, 1.82) is 0 Å². The molecule has 0 amide bonds. The van der Waals surface area contributed by atoms with Crippen molar-refractivity contribution in [1.82, 2.24) is 0 Å². The molecule has 0 saturated heterocycles. The van der Waals surface area contributed by atoms with Crippen LogP contribution in [0.25, 0.3) is 0 Å². The van der Waals surface area contributed by atoms with E-state index in [1.807, 2.05) is 6.92 Å². The predicted molar refractivity (Wildman–Crippen MR) is 77.8 cm³/mol. The third-order valence-electron chi connectivity index (χ3n) is 2.87. The number of rotatable bonds is 9. The number of ether oxygens (including phenoxy) is 3. The van der Waals surface area contributed by atoms with E-state index < -0.39 is 11.9 Å². The van der Waals surface area contributed by atoms with E-state index in [1.165, 1.54) is 12.1 Å². The molecule has 0 bridgehead atoms. The number of methoxy groups -OCH3 is 1. The molecule has 6 heteroatoms. The Morgan fingerprint density at radius 1 is 1.24 bits per heavy atom. The lowest BCUT2D eigenvalue weighted by atomic mass is 10.1. The molecule has 0 aromatic heterocycles. The highest BCUT2D eigenvalue weighted by molar-refractivity contribution is 5.36. The fraction of sp³-hybridized carbons (Fsp3) is 0.600. The van der Waals surface area contributed by atoms with Crippen molar-refractivity contribution in [2.75, 3.05) is 26.9 Å². The summed E-state index contributed by atoms with van der Waals surface area (Å²) in [5.41, 5.74) is 6.49. The number of aliphatic hydroxyl groups excluding tert-OH is 1. The van der Waals surface area contributed by atoms with Crippen molar-refractivity contribution < 1.29 is 23.7 Å². The van der Waals surface area contributed by atoms with E-state index in [0.29, 0.717) is 17.9 Å². The second kappa shape index (κ2) is 8.94. The van der Waals surface area contributed by atoms with Crippen molar-refractivity contribution in [3.63, 3.8) is 0 Å². The van der Waals surface area contributed by atoms with Gasteiger partial charge in [0.05, 0.1) is 19.3 Å². The fourth-order valence-electron chi connectivity index (χ4n) is 1.80. The molecule has 120 valence electrons. The summed E-state index contributed by atoms with van der Waals surface area (Å²) in [5, 5.41) is 9.81. The van der Waals surface area contributed by atoms with E-state index in [9.17, 15) is 9.50 Å². The van der Waals surface area contributed by atoms with Gasteiger partial charge in [0.1, 0.15) is 24.3 Å². The predicted octanol–water partition coefficient (Wildman–Crippen LogP) is 1.64. The van der Waals surface area contributed by atoms with Crippen LogP contribution in [0.5, 0.6) is 5.75 Å². The Morgan fingerprint density at radius 2 is 1.95 bits per heavy atom. The highest BCUT2D eigenvalue weighted by atomic mass is 19.1. The maximum atomic E-state index is 13.3. The molecule has 0 aliphatic heterocycles. The lowest BCUT2D eigenvalue weighted by Gasteiger charge is -2.18. The zero-order valence-corrected chi connectivity index (χ0v) is 12.7. The van der Waals surface area contributed by atoms with E-state index in [-0.39, 0.29) is 25.4 Å². The topological polar surface area (TPSA) is 73.9 Å². The highest BCUT2D eigenvalue weighted by Crippen LogP contribution is 2.24. The third-order valence-corrected chi connectivity index (χ3v) is 2.87. The quantitative estimate of drug-likeness (QED) is 0.725. The summed E-state index contributed by atoms with van der Waals surface area (Å²) in [5.74, 6) is -0.0668. The summed E-state index contributed by atoms with van der Waals surface area (Å²) in [7, 11) is 1.58. The van der Waals surface area contributed by atoms with Gasteiger partial charge in [0.2, 0.25) is 0 Å². The number of aliphatic hydroxyl groups is 1. The van der Waals surface area contributed by atoms with Gasteiger partial charge in [0.15, 0.2) is 0 Å². The first-order chi connectivity index (χ1) is 9.93. The second-order valence-electron chi connectivity index (χ2n) is 5.03. The van der Waals surface area contributed by atoms with Gasteiger partial charge in [-0.05, 0) is 19.9 Å². The minimum absolute atomic E-state index is 0.00285. The van der Waals surface area contributed by atoms with Gasteiger partial charge in [-0.2, -0.15) is 0 Å². The zero-order valence-electron chi connectivity index (χ0n) is 12.7. The molecule has 0 radical (unpaired) electrons. The minimum Gasteiger partial charge on any atom is -0.490 e. The van der Waals surface area contributed by atoms with Crippen LogP contribution in [0.1, 0.15) is 25.5 Å². The number of hydrogen-bond acceptors (Lipinski definition) is 5. The SMILES string of the molecule is COCC(C)OCC(O)COc1cc(F)ccc1[C@@H](C)N. The Hall–Kier alpha value is -1.21. The standard InChI is InChI=1S/C15H24FNO4/c1-10(7-19-3)20-8-13(18)9-21-15-6-12(16)4-5-14(15)11(2)17/h4-6,10-11,13,18H,7-9,17H2,1-3H3/t10?,11-,13?/m1/s1. The summed E-state index contributed by atoms with van der Waals surface area (Å²) in [6, 6.07) is 3.90. The Kier molecular flexibility index (Phi) is 7.60. The molecule has 5 nitrogen and oxygen atoms in total. The van der Waals surface area contributed by atoms with Crippen LogP contribution >= 0.6 is 0 Å². The van der Waals surface area contributed by atoms with E-state index >= 15 is 0 Å². The number of benzene rings is 1. The zero-order chi connectivity index (χ0) is 15.8. The van der Waals surface area contributed by atoms with E-state index in [0.717, 1.165) is 0 Å². The largest absolute Gasteiger partial charge is 0.490 e. The van der Waals surface area contributed by atoms with Crippen molar-refractivity contribution >= 4 is 0 Å². The number of nitrogens with two attached hydrogens (primary N) is 1. The van der Waals surface area contributed by atoms with Crippen LogP contribution in [0.15, 0.2) is 18.2 Å². The van der Waals surface area contributed by atoms with Gasteiger partial charge >= 0.3 is 0 Å². The van der Waals surface area contributed by atoms with Crippen molar-refractivity contribution in [3.8, 4) is 5.75 Å². The normalized spacial score (nSPS) is 15.5. The Bertz CT molecular complexity index is 428. The fourth-order valence-corrected chi connectivity index (χ4v) is 1.80. The molecule has 1 aromatic rings. The van der Waals surface area contributed by atoms with Gasteiger partial charge in [-0.25, -0.2) is 4.39 Å². The van der Waals surface area contributed by atoms with Gasteiger partial charge < -0.3 is 25.1 Å². The van der Waals surface area contributed by atoms with E-state index in [1.54, 1.807) is 20.1 Å². The summed E-state index contributed by atoms with van der Waals surface area (Å²) in [4.78, 5) is 0. The molecule has 0 heterocycles. The molecule has 0 aliphatic carbocycles. The molecule has 3 atom stereocenters. The van der Waals surface area contributed by atoms with Gasteiger partial charge in [-0.15, -0.1) is 0 Å². The Balaban J connectivity index is 2.49. The number of halogens is 1. The van der Waals surface area contributed by atoms with Crippen LogP contribution in [0.3, 0.4) is 0 Å². The van der Waals surface area contributed by atoms with Crippen molar-refractivity contribution in [2.45, 2.75) is 32.1 Å². The molecule has 0 spiro atoms. The average Bonchev–Trinajstić information content (AvgIpc) is 2.43. The highest BCUT2D eigenvalue weighted by Gasteiger charge is 2.13. The number of hydrogen-bond donors (Lipinski definition) is 2. The van der Waals surface area contributed by atoms with Crippen LogP contribution in [-0.2, 0) is 9.47 Å². The van der Waals surface area contributed by atoms with Gasteiger partial charge in [0, 0.05) is 24.8 Å². The van der Waals surface area contributed by atoms with Gasteiger partial charge in [-0.1, -0.05) is 6.07 Å². The second-order valence-corrected chi connectivity index (χ2v) is 5.03. The first-order valence-electron chi connectivity index (χ1n) is 6.90. The first kappa shape index (κ1) is 17.8. The molecule has 0 saturated carbocycles. The lowest BCUT2D eigenvalue weighted by molar-refractivity contribution is -0.0424. The average molecular weight is 301 g/mol. The molecule has 2 unspecified atom stereocenters. The van der Waals surface area contributed by atoms with Crippen LogP contribution in [0.4, 0.5) is 4.39 Å². The maximum Gasteiger partial charge on any atom is 0.127 e. The molecular formula is C15H24FNO4. The molecule has 0 aliphatic rings. The Labute approximate surface area is 124 Å². The summed E-state index contributed by atoms with van der Waals surface area (Å²) < 4.78 is 29.0. The molecule has 3 N–H and O–H groups in total. The summed E-state index contributed by atoms with van der Waals surface area (Å²) >= 11 is 0. The minimum atomic E-state index is -0.812. The van der Waals surface area contributed by atoms with Gasteiger partial charge in [-0.3, -0.25) is 0 Å². The maximum absolute atomic E-state index is 13.3. The first-order valence-corrected chi connectivity index (χ1v) is 6.90. The molecule has 1 aromatic carbocycles. The van der Waals surface area contributed by atoms with Crippen LogP contribution in [0.2, 0.25) is 0 Å². The molecule has 0 fully saturated rings. The van der Waals surface area contributed by atoms with Crippen molar-refractivity contribution in [2.24, 2.45) is 5.73 Å². The van der Waals surface area contributed by atoms with Crippen LogP contribution in [-0.4, -0.2) is 44.2 Å². The van der Waals surface area contributed by atoms with Crippen LogP contribution in [0, 0.1) is 5.82 Å². The smallest absolute Gasteiger partial charge is 0.127 e. The molecule has 21 heavy (non-hydrogen) atoms. The van der Waals surface area contributed by atoms with E-state index in [2.05, 4.69) is 0 Å². The van der Waals surface area contributed by atoms with Crippen LogP contribution < -0.4 is 10.5 Å². The van der Waals surface area contributed by atoms with Crippen molar-refractivity contribution in [3.05, 3.63) is 29.6 Å². The molecule has 1 rings (SSSR count). The lowest BCUT2D eigenvalue weighted by Crippen LogP contribution is -2.27.